The van der Waals surface area contributed by atoms with Crippen LogP contribution in [0.15, 0.2) is 6.07 Å². The van der Waals surface area contributed by atoms with Crippen molar-refractivity contribution in [3.63, 3.8) is 0 Å². The molecule has 1 fully saturated rings. The average Bonchev–Trinajstić information content (AvgIpc) is 3.01. The zero-order valence-electron chi connectivity index (χ0n) is 11.2. The zero-order valence-corrected chi connectivity index (χ0v) is 11.2. The smallest absolute Gasteiger partial charge is 0.269 e. The summed E-state index contributed by atoms with van der Waals surface area (Å²) in [7, 11) is 1.81. The van der Waals surface area contributed by atoms with E-state index < -0.39 is 0 Å². The molecule has 1 amide bonds. The molecule has 0 bridgehead atoms. The van der Waals surface area contributed by atoms with Gasteiger partial charge in [-0.1, -0.05) is 6.92 Å². The van der Waals surface area contributed by atoms with Crippen LogP contribution < -0.4 is 11.1 Å². The van der Waals surface area contributed by atoms with Crippen LogP contribution in [0.5, 0.6) is 0 Å². The molecule has 1 aliphatic carbocycles. The van der Waals surface area contributed by atoms with Gasteiger partial charge in [-0.25, -0.2) is 0 Å². The minimum Gasteiger partial charge on any atom is -0.350 e. The molecule has 0 unspecified atom stereocenters. The second-order valence-electron chi connectivity index (χ2n) is 5.22. The molecule has 0 radical (unpaired) electrons. The molecule has 0 atom stereocenters. The molecular formula is C13H22N4O. The molecule has 0 spiro atoms. The molecule has 1 aliphatic rings. The number of nitrogens with zero attached hydrogens (tertiary/aromatic N) is 2. The van der Waals surface area contributed by atoms with Crippen molar-refractivity contribution in [2.45, 2.75) is 32.6 Å². The molecule has 1 saturated carbocycles. The molecule has 1 aromatic heterocycles. The number of hydrogen-bond donors (Lipinski definition) is 2. The van der Waals surface area contributed by atoms with E-state index in [2.05, 4.69) is 10.4 Å². The number of nitrogens with two attached hydrogens (primary N) is 1. The number of carbonyl (C=O) groups is 1. The summed E-state index contributed by atoms with van der Waals surface area (Å²) in [5.74, 6) is -0.0343. The lowest BCUT2D eigenvalue weighted by molar-refractivity contribution is 0.0934. The van der Waals surface area contributed by atoms with Crippen molar-refractivity contribution < 1.29 is 4.79 Å². The van der Waals surface area contributed by atoms with E-state index in [-0.39, 0.29) is 11.3 Å². The van der Waals surface area contributed by atoms with Crippen molar-refractivity contribution in [3.05, 3.63) is 17.5 Å². The van der Waals surface area contributed by atoms with E-state index >= 15 is 0 Å². The molecule has 2 rings (SSSR count). The summed E-state index contributed by atoms with van der Waals surface area (Å²) in [6, 6.07) is 1.86. The van der Waals surface area contributed by atoms with Crippen molar-refractivity contribution in [2.75, 3.05) is 13.1 Å². The summed E-state index contributed by atoms with van der Waals surface area (Å²) in [5, 5.41) is 7.29. The van der Waals surface area contributed by atoms with Crippen molar-refractivity contribution in [2.24, 2.45) is 18.2 Å². The molecule has 18 heavy (non-hydrogen) atoms. The molecular weight excluding hydrogens is 228 g/mol. The van der Waals surface area contributed by atoms with Crippen LogP contribution >= 0.6 is 0 Å². The quantitative estimate of drug-likeness (QED) is 0.786. The molecule has 0 saturated heterocycles. The van der Waals surface area contributed by atoms with Gasteiger partial charge in [0.05, 0.1) is 5.69 Å². The molecule has 1 aromatic rings. The van der Waals surface area contributed by atoms with Gasteiger partial charge in [-0.15, -0.1) is 0 Å². The first-order valence-corrected chi connectivity index (χ1v) is 6.61. The molecule has 5 nitrogen and oxygen atoms in total. The van der Waals surface area contributed by atoms with Crippen LogP contribution in [-0.4, -0.2) is 28.8 Å². The molecule has 0 aromatic carbocycles. The second-order valence-corrected chi connectivity index (χ2v) is 5.22. The summed E-state index contributed by atoms with van der Waals surface area (Å²) in [4.78, 5) is 12.1. The molecule has 1 heterocycles. The molecule has 0 aliphatic heterocycles. The summed E-state index contributed by atoms with van der Waals surface area (Å²) in [6.07, 6.45) is 4.20. The largest absolute Gasteiger partial charge is 0.350 e. The lowest BCUT2D eigenvalue weighted by Gasteiger charge is -2.14. The average molecular weight is 250 g/mol. The van der Waals surface area contributed by atoms with E-state index in [1.807, 2.05) is 13.0 Å². The number of nitrogens with one attached hydrogen (secondary N) is 1. The van der Waals surface area contributed by atoms with E-state index in [9.17, 15) is 4.79 Å². The topological polar surface area (TPSA) is 72.9 Å². The van der Waals surface area contributed by atoms with Crippen LogP contribution in [-0.2, 0) is 13.5 Å². The fourth-order valence-corrected chi connectivity index (χ4v) is 2.27. The van der Waals surface area contributed by atoms with E-state index in [1.54, 1.807) is 11.7 Å². The molecule has 3 N–H and O–H groups in total. The Morgan fingerprint density at radius 1 is 1.61 bits per heavy atom. The first-order valence-electron chi connectivity index (χ1n) is 6.61. The van der Waals surface area contributed by atoms with Gasteiger partial charge in [0, 0.05) is 13.6 Å². The van der Waals surface area contributed by atoms with Crippen LogP contribution in [0.1, 0.15) is 42.4 Å². The standard InChI is InChI=1S/C13H22N4O/c1-3-10-8-11(17(2)16-10)12(18)15-9-13(4-5-13)6-7-14/h8H,3-7,9,14H2,1-2H3,(H,15,18). The fourth-order valence-electron chi connectivity index (χ4n) is 2.27. The zero-order chi connectivity index (χ0) is 13.2. The van der Waals surface area contributed by atoms with Crippen molar-refractivity contribution in [1.29, 1.82) is 0 Å². The predicted octanol–water partition coefficient (Wildman–Crippen LogP) is 0.841. The summed E-state index contributed by atoms with van der Waals surface area (Å²) in [5.41, 5.74) is 7.45. The highest BCUT2D eigenvalue weighted by Gasteiger charge is 2.41. The maximum Gasteiger partial charge on any atom is 0.269 e. The van der Waals surface area contributed by atoms with Gasteiger partial charge in [0.15, 0.2) is 0 Å². The van der Waals surface area contributed by atoms with E-state index in [0.29, 0.717) is 12.2 Å². The van der Waals surface area contributed by atoms with Crippen molar-refractivity contribution in [1.82, 2.24) is 15.1 Å². The molecule has 5 heteroatoms. The highest BCUT2D eigenvalue weighted by Crippen LogP contribution is 2.47. The van der Waals surface area contributed by atoms with Gasteiger partial charge in [0.25, 0.3) is 5.91 Å². The number of amides is 1. The highest BCUT2D eigenvalue weighted by atomic mass is 16.2. The minimum atomic E-state index is -0.0343. The maximum absolute atomic E-state index is 12.1. The fraction of sp³-hybridized carbons (Fsp3) is 0.692. The van der Waals surface area contributed by atoms with Gasteiger partial charge in [-0.2, -0.15) is 5.10 Å². The predicted molar refractivity (Wildman–Crippen MR) is 70.3 cm³/mol. The summed E-state index contributed by atoms with van der Waals surface area (Å²) in [6.45, 7) is 3.46. The Kier molecular flexibility index (Phi) is 3.71. The Balaban J connectivity index is 1.93. The Labute approximate surface area is 108 Å². The lowest BCUT2D eigenvalue weighted by Crippen LogP contribution is -2.32. The van der Waals surface area contributed by atoms with Crippen LogP contribution in [0.2, 0.25) is 0 Å². The van der Waals surface area contributed by atoms with E-state index in [1.165, 1.54) is 12.8 Å². The number of aryl methyl sites for hydroxylation is 2. The van der Waals surface area contributed by atoms with Gasteiger partial charge >= 0.3 is 0 Å². The molecule has 100 valence electrons. The first-order chi connectivity index (χ1) is 8.60. The van der Waals surface area contributed by atoms with Gasteiger partial charge in [0.2, 0.25) is 0 Å². The van der Waals surface area contributed by atoms with Gasteiger partial charge in [0.1, 0.15) is 5.69 Å². The normalized spacial score (nSPS) is 16.6. The Bertz CT molecular complexity index is 434. The lowest BCUT2D eigenvalue weighted by atomic mass is 10.0. The number of carbonyl (C=O) groups excluding carboxylic acids is 1. The van der Waals surface area contributed by atoms with Crippen LogP contribution in [0, 0.1) is 5.41 Å². The highest BCUT2D eigenvalue weighted by molar-refractivity contribution is 5.92. The summed E-state index contributed by atoms with van der Waals surface area (Å²) >= 11 is 0. The van der Waals surface area contributed by atoms with Gasteiger partial charge in [-0.05, 0) is 43.7 Å². The van der Waals surface area contributed by atoms with Crippen LogP contribution in [0.3, 0.4) is 0 Å². The van der Waals surface area contributed by atoms with E-state index in [4.69, 9.17) is 5.73 Å². The first kappa shape index (κ1) is 13.1. The van der Waals surface area contributed by atoms with Crippen molar-refractivity contribution in [3.8, 4) is 0 Å². The number of hydrogen-bond acceptors (Lipinski definition) is 3. The monoisotopic (exact) mass is 250 g/mol. The maximum atomic E-state index is 12.1. The SMILES string of the molecule is CCc1cc(C(=O)NCC2(CCN)CC2)n(C)n1. The Morgan fingerprint density at radius 3 is 2.83 bits per heavy atom. The van der Waals surface area contributed by atoms with Crippen LogP contribution in [0.4, 0.5) is 0 Å². The third-order valence-corrected chi connectivity index (χ3v) is 3.78. The van der Waals surface area contributed by atoms with Gasteiger partial charge < -0.3 is 11.1 Å². The van der Waals surface area contributed by atoms with Crippen LogP contribution in [0.25, 0.3) is 0 Å². The second kappa shape index (κ2) is 5.10. The van der Waals surface area contributed by atoms with E-state index in [0.717, 1.165) is 25.1 Å². The third-order valence-electron chi connectivity index (χ3n) is 3.78. The van der Waals surface area contributed by atoms with Crippen molar-refractivity contribution >= 4 is 5.91 Å². The summed E-state index contributed by atoms with van der Waals surface area (Å²) < 4.78 is 1.65. The number of aromatic nitrogens is 2. The Morgan fingerprint density at radius 2 is 2.33 bits per heavy atom. The van der Waals surface area contributed by atoms with Gasteiger partial charge in [-0.3, -0.25) is 9.48 Å². The number of rotatable bonds is 6. The third kappa shape index (κ3) is 2.72. The minimum absolute atomic E-state index is 0.0343. The Hall–Kier alpha value is -1.36.